The molecule has 3 nitrogen and oxygen atoms in total. The lowest BCUT2D eigenvalue weighted by atomic mass is 10.0. The van der Waals surface area contributed by atoms with Crippen LogP contribution in [0.25, 0.3) is 0 Å². The van der Waals surface area contributed by atoms with E-state index in [9.17, 15) is 18.0 Å². The van der Waals surface area contributed by atoms with E-state index in [0.29, 0.717) is 12.1 Å². The van der Waals surface area contributed by atoms with E-state index in [1.807, 2.05) is 0 Å². The van der Waals surface area contributed by atoms with E-state index in [1.54, 1.807) is 31.2 Å². The number of carboxylic acids is 1. The first-order valence-electron chi connectivity index (χ1n) is 5.88. The van der Waals surface area contributed by atoms with Gasteiger partial charge in [0.05, 0.1) is 12.3 Å². The second-order valence-corrected chi connectivity index (χ2v) is 4.34. The molecule has 1 unspecified atom stereocenters. The third-order valence-corrected chi connectivity index (χ3v) is 2.76. The Hall–Kier alpha value is -1.56. The zero-order valence-corrected chi connectivity index (χ0v) is 10.5. The van der Waals surface area contributed by atoms with Gasteiger partial charge in [0.25, 0.3) is 0 Å². The fraction of sp³-hybridized carbons (Fsp3) is 0.462. The van der Waals surface area contributed by atoms with Gasteiger partial charge in [0.2, 0.25) is 0 Å². The first kappa shape index (κ1) is 15.5. The maximum Gasteiger partial charge on any atom is 0.390 e. The van der Waals surface area contributed by atoms with Crippen molar-refractivity contribution < 1.29 is 23.1 Å². The maximum atomic E-state index is 11.9. The summed E-state index contributed by atoms with van der Waals surface area (Å²) in [4.78, 5) is 10.8. The lowest BCUT2D eigenvalue weighted by Crippen LogP contribution is -2.21. The van der Waals surface area contributed by atoms with E-state index in [0.717, 1.165) is 5.56 Å². The van der Waals surface area contributed by atoms with E-state index < -0.39 is 24.5 Å². The molecule has 0 bridgehead atoms. The van der Waals surface area contributed by atoms with Crippen LogP contribution in [0, 0.1) is 0 Å². The van der Waals surface area contributed by atoms with E-state index in [4.69, 9.17) is 5.11 Å². The number of halogens is 3. The molecule has 19 heavy (non-hydrogen) atoms. The largest absolute Gasteiger partial charge is 0.481 e. The van der Waals surface area contributed by atoms with E-state index in [1.165, 1.54) is 0 Å². The number of carbonyl (C=O) groups is 1. The Morgan fingerprint density at radius 1 is 1.32 bits per heavy atom. The molecule has 1 aromatic rings. The summed E-state index contributed by atoms with van der Waals surface area (Å²) in [6.07, 6.45) is -5.01. The van der Waals surface area contributed by atoms with Crippen LogP contribution < -0.4 is 5.32 Å². The predicted molar refractivity (Wildman–Crippen MR) is 64.9 cm³/mol. The van der Waals surface area contributed by atoms with Crippen molar-refractivity contribution >= 4 is 5.97 Å². The van der Waals surface area contributed by atoms with Gasteiger partial charge in [-0.25, -0.2) is 0 Å². The van der Waals surface area contributed by atoms with Crippen molar-refractivity contribution in [3.63, 3.8) is 0 Å². The van der Waals surface area contributed by atoms with Crippen molar-refractivity contribution in [2.24, 2.45) is 0 Å². The zero-order valence-electron chi connectivity index (χ0n) is 10.5. The van der Waals surface area contributed by atoms with Crippen molar-refractivity contribution in [3.8, 4) is 0 Å². The Kier molecular flexibility index (Phi) is 5.35. The summed E-state index contributed by atoms with van der Waals surface area (Å²) in [5.74, 6) is -1.50. The highest BCUT2D eigenvalue weighted by Crippen LogP contribution is 2.18. The van der Waals surface area contributed by atoms with E-state index >= 15 is 0 Å². The Morgan fingerprint density at radius 3 is 2.37 bits per heavy atom. The lowest BCUT2D eigenvalue weighted by Gasteiger charge is -2.09. The van der Waals surface area contributed by atoms with Crippen LogP contribution >= 0.6 is 0 Å². The molecular weight excluding hydrogens is 259 g/mol. The van der Waals surface area contributed by atoms with Gasteiger partial charge in [0, 0.05) is 13.1 Å². The molecule has 0 saturated carbocycles. The molecule has 0 saturated heterocycles. The summed E-state index contributed by atoms with van der Waals surface area (Å²) in [5.41, 5.74) is 1.50. The Balaban J connectivity index is 2.43. The molecule has 106 valence electrons. The molecule has 0 heterocycles. The average molecular weight is 275 g/mol. The summed E-state index contributed by atoms with van der Waals surface area (Å²) >= 11 is 0. The number of aliphatic carboxylic acids is 1. The monoisotopic (exact) mass is 275 g/mol. The lowest BCUT2D eigenvalue weighted by molar-refractivity contribution is -0.138. The minimum absolute atomic E-state index is 0.128. The van der Waals surface area contributed by atoms with Crippen LogP contribution in [0.5, 0.6) is 0 Å². The Morgan fingerprint density at radius 2 is 1.89 bits per heavy atom. The van der Waals surface area contributed by atoms with Crippen LogP contribution in [0.2, 0.25) is 0 Å². The maximum absolute atomic E-state index is 11.9. The van der Waals surface area contributed by atoms with Crippen LogP contribution in [-0.4, -0.2) is 23.8 Å². The summed E-state index contributed by atoms with van der Waals surface area (Å²) in [6, 6.07) is 6.80. The van der Waals surface area contributed by atoms with Gasteiger partial charge in [-0.2, -0.15) is 13.2 Å². The quantitative estimate of drug-likeness (QED) is 0.785. The number of carboxylic acid groups (broad SMARTS) is 1. The second kappa shape index (κ2) is 6.56. The van der Waals surface area contributed by atoms with Crippen LogP contribution in [0.4, 0.5) is 13.2 Å². The highest BCUT2D eigenvalue weighted by molar-refractivity contribution is 5.75. The first-order valence-corrected chi connectivity index (χ1v) is 5.88. The molecule has 1 rings (SSSR count). The molecule has 0 amide bonds. The number of benzene rings is 1. The number of hydrogen-bond donors (Lipinski definition) is 2. The molecule has 1 aromatic carbocycles. The Labute approximate surface area is 109 Å². The molecule has 0 spiro atoms. The molecule has 0 aliphatic rings. The van der Waals surface area contributed by atoms with Crippen LogP contribution in [0.3, 0.4) is 0 Å². The minimum Gasteiger partial charge on any atom is -0.481 e. The van der Waals surface area contributed by atoms with E-state index in [2.05, 4.69) is 5.32 Å². The summed E-state index contributed by atoms with van der Waals surface area (Å²) < 4.78 is 35.7. The number of nitrogens with one attached hydrogen (secondary N) is 1. The molecule has 6 heteroatoms. The van der Waals surface area contributed by atoms with E-state index in [-0.39, 0.29) is 6.54 Å². The van der Waals surface area contributed by atoms with Gasteiger partial charge in [0.15, 0.2) is 0 Å². The highest BCUT2D eigenvalue weighted by Gasteiger charge is 2.25. The van der Waals surface area contributed by atoms with Gasteiger partial charge in [-0.05, 0) is 18.1 Å². The number of alkyl halides is 3. The van der Waals surface area contributed by atoms with Gasteiger partial charge < -0.3 is 10.4 Å². The number of rotatable bonds is 6. The van der Waals surface area contributed by atoms with Crippen LogP contribution in [-0.2, 0) is 11.3 Å². The molecule has 0 aromatic heterocycles. The van der Waals surface area contributed by atoms with Crippen molar-refractivity contribution in [2.75, 3.05) is 6.54 Å². The van der Waals surface area contributed by atoms with Crippen molar-refractivity contribution in [1.82, 2.24) is 5.32 Å². The Bertz CT molecular complexity index is 415. The molecule has 0 fully saturated rings. The fourth-order valence-corrected chi connectivity index (χ4v) is 1.53. The summed E-state index contributed by atoms with van der Waals surface area (Å²) in [6.45, 7) is 1.79. The predicted octanol–water partition coefficient (Wildman–Crippen LogP) is 2.92. The third kappa shape index (κ3) is 5.74. The van der Waals surface area contributed by atoms with Gasteiger partial charge in [-0.1, -0.05) is 24.3 Å². The SMILES string of the molecule is CC(C(=O)O)c1ccc(CNCCC(F)(F)F)cc1. The second-order valence-electron chi connectivity index (χ2n) is 4.34. The molecule has 0 aliphatic heterocycles. The van der Waals surface area contributed by atoms with Crippen molar-refractivity contribution in [2.45, 2.75) is 32.0 Å². The summed E-state index contributed by atoms with van der Waals surface area (Å²) in [5, 5.41) is 11.5. The minimum atomic E-state index is -4.15. The molecule has 0 radical (unpaired) electrons. The third-order valence-electron chi connectivity index (χ3n) is 2.76. The van der Waals surface area contributed by atoms with Gasteiger partial charge >= 0.3 is 12.1 Å². The molecule has 2 N–H and O–H groups in total. The van der Waals surface area contributed by atoms with Crippen molar-refractivity contribution in [1.29, 1.82) is 0 Å². The van der Waals surface area contributed by atoms with Gasteiger partial charge in [0.1, 0.15) is 0 Å². The van der Waals surface area contributed by atoms with Crippen molar-refractivity contribution in [3.05, 3.63) is 35.4 Å². The van der Waals surface area contributed by atoms with Crippen LogP contribution in [0.15, 0.2) is 24.3 Å². The van der Waals surface area contributed by atoms with Gasteiger partial charge in [-0.3, -0.25) is 4.79 Å². The van der Waals surface area contributed by atoms with Gasteiger partial charge in [-0.15, -0.1) is 0 Å². The number of hydrogen-bond acceptors (Lipinski definition) is 2. The highest BCUT2D eigenvalue weighted by atomic mass is 19.4. The standard InChI is InChI=1S/C13H16F3NO2/c1-9(12(18)19)11-4-2-10(3-5-11)8-17-7-6-13(14,15)16/h2-5,9,17H,6-8H2,1H3,(H,18,19). The summed E-state index contributed by atoms with van der Waals surface area (Å²) in [7, 11) is 0. The molecule has 0 aliphatic carbocycles. The first-order chi connectivity index (χ1) is 8.79. The molecule has 1 atom stereocenters. The smallest absolute Gasteiger partial charge is 0.390 e. The molecular formula is C13H16F3NO2. The van der Waals surface area contributed by atoms with Crippen LogP contribution in [0.1, 0.15) is 30.4 Å². The zero-order chi connectivity index (χ0) is 14.5. The average Bonchev–Trinajstić information content (AvgIpc) is 2.33. The normalized spacial score (nSPS) is 13.3. The topological polar surface area (TPSA) is 49.3 Å². The fourth-order valence-electron chi connectivity index (χ4n) is 1.53.